The van der Waals surface area contributed by atoms with Crippen LogP contribution >= 0.6 is 23.6 Å². The third-order valence-electron chi connectivity index (χ3n) is 3.56. The normalized spacial score (nSPS) is 14.3. The van der Waals surface area contributed by atoms with Crippen molar-refractivity contribution < 1.29 is 5.11 Å². The van der Waals surface area contributed by atoms with E-state index in [1.807, 2.05) is 42.5 Å². The van der Waals surface area contributed by atoms with Crippen LogP contribution in [-0.4, -0.2) is 20.9 Å². The van der Waals surface area contributed by atoms with Gasteiger partial charge in [-0.2, -0.15) is 0 Å². The lowest BCUT2D eigenvalue weighted by Gasteiger charge is -2.03. The average Bonchev–Trinajstić information content (AvgIpc) is 3.10. The molecule has 0 fully saturated rings. The van der Waals surface area contributed by atoms with E-state index in [2.05, 4.69) is 9.98 Å². The second-order valence-electron chi connectivity index (χ2n) is 4.98. The van der Waals surface area contributed by atoms with Crippen molar-refractivity contribution in [3.8, 4) is 11.6 Å². The molecule has 4 rings (SSSR count). The van der Waals surface area contributed by atoms with E-state index in [4.69, 9.17) is 12.2 Å². The topological polar surface area (TPSA) is 50.4 Å². The van der Waals surface area contributed by atoms with E-state index in [-0.39, 0.29) is 5.88 Å². The van der Waals surface area contributed by atoms with E-state index in [0.717, 1.165) is 22.5 Å². The Morgan fingerprint density at radius 1 is 1.17 bits per heavy atom. The smallest absolute Gasteiger partial charge is 0.215 e. The minimum Gasteiger partial charge on any atom is -0.493 e. The summed E-state index contributed by atoms with van der Waals surface area (Å²) in [5.41, 5.74) is 3.70. The van der Waals surface area contributed by atoms with Gasteiger partial charge in [-0.1, -0.05) is 18.2 Å². The van der Waals surface area contributed by atoms with Gasteiger partial charge in [-0.25, -0.2) is 0 Å². The molecular weight excluding hydrogens is 326 g/mol. The molecule has 1 aliphatic rings. The summed E-state index contributed by atoms with van der Waals surface area (Å²) in [6, 6.07) is 11.6. The van der Waals surface area contributed by atoms with Gasteiger partial charge in [0.1, 0.15) is 0 Å². The van der Waals surface area contributed by atoms with Crippen LogP contribution in [0.5, 0.6) is 5.88 Å². The largest absolute Gasteiger partial charge is 0.493 e. The van der Waals surface area contributed by atoms with Gasteiger partial charge < -0.3 is 5.11 Å². The van der Waals surface area contributed by atoms with Crippen molar-refractivity contribution in [3.05, 3.63) is 63.2 Å². The van der Waals surface area contributed by atoms with Crippen molar-refractivity contribution in [2.24, 2.45) is 4.99 Å². The van der Waals surface area contributed by atoms with Crippen LogP contribution in [0.1, 0.15) is 10.4 Å². The van der Waals surface area contributed by atoms with Crippen LogP contribution in [0.15, 0.2) is 53.8 Å². The van der Waals surface area contributed by atoms with Crippen LogP contribution in [0.3, 0.4) is 0 Å². The first kappa shape index (κ1) is 14.0. The van der Waals surface area contributed by atoms with Crippen LogP contribution in [0, 0.1) is 3.95 Å². The summed E-state index contributed by atoms with van der Waals surface area (Å²) in [4.78, 5) is 9.16. The van der Waals surface area contributed by atoms with Gasteiger partial charge in [-0.05, 0) is 36.5 Å². The first-order chi connectivity index (χ1) is 11.2. The average molecular weight is 337 g/mol. The maximum Gasteiger partial charge on any atom is 0.215 e. The number of aromatic hydroxyl groups is 1. The van der Waals surface area contributed by atoms with Crippen LogP contribution in [0.4, 0.5) is 5.69 Å². The maximum absolute atomic E-state index is 10.6. The number of allylic oxidation sites excluding steroid dienone is 1. The molecule has 0 spiro atoms. The molecule has 1 aliphatic heterocycles. The van der Waals surface area contributed by atoms with Gasteiger partial charge in [-0.15, -0.1) is 11.3 Å². The fourth-order valence-corrected chi connectivity index (χ4v) is 3.79. The molecule has 0 atom stereocenters. The van der Waals surface area contributed by atoms with E-state index >= 15 is 0 Å². The Hall–Kier alpha value is -2.57. The van der Waals surface area contributed by atoms with Crippen LogP contribution in [0.25, 0.3) is 17.3 Å². The van der Waals surface area contributed by atoms with Gasteiger partial charge in [0, 0.05) is 23.5 Å². The predicted molar refractivity (Wildman–Crippen MR) is 96.4 cm³/mol. The molecule has 2 aromatic heterocycles. The number of para-hydroxylation sites is 1. The van der Waals surface area contributed by atoms with Gasteiger partial charge in [0.25, 0.3) is 0 Å². The molecule has 0 amide bonds. The van der Waals surface area contributed by atoms with Crippen molar-refractivity contribution in [1.29, 1.82) is 0 Å². The molecule has 1 aromatic carbocycles. The number of nitrogens with zero attached hydrogens (tertiary/aromatic N) is 3. The van der Waals surface area contributed by atoms with Gasteiger partial charge in [0.05, 0.1) is 22.4 Å². The van der Waals surface area contributed by atoms with Crippen LogP contribution in [-0.2, 0) is 0 Å². The fourth-order valence-electron chi connectivity index (χ4n) is 2.48. The lowest BCUT2D eigenvalue weighted by molar-refractivity contribution is 0.441. The number of hydrogen-bond donors (Lipinski definition) is 1. The SMILES string of the molecule is Oc1c(/C=C2\C=Nc3ccccc32)sc(=S)n1-c1cccnc1. The van der Waals surface area contributed by atoms with Crippen LogP contribution < -0.4 is 0 Å². The lowest BCUT2D eigenvalue weighted by atomic mass is 10.1. The minimum atomic E-state index is 0.123. The molecule has 3 aromatic rings. The highest BCUT2D eigenvalue weighted by Gasteiger charge is 2.16. The van der Waals surface area contributed by atoms with Crippen molar-refractivity contribution >= 4 is 47.1 Å². The Morgan fingerprint density at radius 3 is 2.87 bits per heavy atom. The number of hydrogen-bond acceptors (Lipinski definition) is 5. The Balaban J connectivity index is 1.83. The molecule has 1 N–H and O–H groups in total. The summed E-state index contributed by atoms with van der Waals surface area (Å²) in [6.07, 6.45) is 7.08. The number of aromatic nitrogens is 2. The van der Waals surface area contributed by atoms with E-state index in [1.165, 1.54) is 11.3 Å². The molecule has 0 saturated heterocycles. The molecule has 112 valence electrons. The zero-order valence-corrected chi connectivity index (χ0v) is 13.5. The first-order valence-corrected chi connectivity index (χ1v) is 8.17. The third kappa shape index (κ3) is 2.42. The Kier molecular flexibility index (Phi) is 3.40. The van der Waals surface area contributed by atoms with Gasteiger partial charge in [0.15, 0.2) is 3.95 Å². The standard InChI is InChI=1S/C17H11N3OS2/c21-16-15(8-11-9-19-14-6-2-1-5-13(11)14)23-17(22)20(16)12-4-3-7-18-10-12/h1-10,21H/b11-8+. The number of fused-ring (bicyclic) bond motifs is 1. The van der Waals surface area contributed by atoms with Crippen molar-refractivity contribution in [3.63, 3.8) is 0 Å². The fraction of sp³-hybridized carbons (Fsp3) is 0. The van der Waals surface area contributed by atoms with Crippen molar-refractivity contribution in [2.45, 2.75) is 0 Å². The van der Waals surface area contributed by atoms with E-state index in [9.17, 15) is 5.11 Å². The highest BCUT2D eigenvalue weighted by molar-refractivity contribution is 7.73. The summed E-state index contributed by atoms with van der Waals surface area (Å²) in [5, 5.41) is 10.6. The summed E-state index contributed by atoms with van der Waals surface area (Å²) in [6.45, 7) is 0. The molecule has 23 heavy (non-hydrogen) atoms. The second-order valence-corrected chi connectivity index (χ2v) is 6.65. The second kappa shape index (κ2) is 5.57. The molecule has 3 heterocycles. The molecule has 6 heteroatoms. The van der Waals surface area contributed by atoms with Crippen LogP contribution in [0.2, 0.25) is 0 Å². The number of pyridine rings is 1. The summed E-state index contributed by atoms with van der Waals surface area (Å²) >= 11 is 6.75. The highest BCUT2D eigenvalue weighted by Crippen LogP contribution is 2.36. The summed E-state index contributed by atoms with van der Waals surface area (Å²) in [5.74, 6) is 0.123. The Labute approximate surface area is 141 Å². The van der Waals surface area contributed by atoms with E-state index < -0.39 is 0 Å². The van der Waals surface area contributed by atoms with E-state index in [0.29, 0.717) is 8.83 Å². The molecule has 0 aliphatic carbocycles. The number of thiazole rings is 1. The minimum absolute atomic E-state index is 0.123. The van der Waals surface area contributed by atoms with E-state index in [1.54, 1.807) is 23.2 Å². The maximum atomic E-state index is 10.6. The first-order valence-electron chi connectivity index (χ1n) is 6.94. The highest BCUT2D eigenvalue weighted by atomic mass is 32.1. The Bertz CT molecular complexity index is 1000. The zero-order valence-electron chi connectivity index (χ0n) is 11.9. The molecule has 0 radical (unpaired) electrons. The van der Waals surface area contributed by atoms with Gasteiger partial charge in [0.2, 0.25) is 5.88 Å². The van der Waals surface area contributed by atoms with Crippen molar-refractivity contribution in [2.75, 3.05) is 0 Å². The summed E-state index contributed by atoms with van der Waals surface area (Å²) in [7, 11) is 0. The zero-order chi connectivity index (χ0) is 15.8. The number of benzene rings is 1. The monoisotopic (exact) mass is 337 g/mol. The lowest BCUT2D eigenvalue weighted by Crippen LogP contribution is -1.93. The number of aliphatic imine (C=N–C) groups is 1. The number of rotatable bonds is 2. The molecule has 0 bridgehead atoms. The molecular formula is C17H11N3OS2. The molecule has 0 unspecified atom stereocenters. The molecule has 0 saturated carbocycles. The quantitative estimate of drug-likeness (QED) is 0.694. The third-order valence-corrected chi connectivity index (χ3v) is 4.87. The summed E-state index contributed by atoms with van der Waals surface area (Å²) < 4.78 is 2.20. The van der Waals surface area contributed by atoms with Gasteiger partial charge in [-0.3, -0.25) is 14.5 Å². The molecule has 4 nitrogen and oxygen atoms in total. The predicted octanol–water partition coefficient (Wildman–Crippen LogP) is 4.63. The van der Waals surface area contributed by atoms with Crippen molar-refractivity contribution in [1.82, 2.24) is 9.55 Å². The Morgan fingerprint density at radius 2 is 2.04 bits per heavy atom. The van der Waals surface area contributed by atoms with Gasteiger partial charge >= 0.3 is 0 Å².